The maximum atomic E-state index is 11.4. The Balaban J connectivity index is 1.82. The van der Waals surface area contributed by atoms with Gasteiger partial charge in [-0.25, -0.2) is 4.99 Å². The minimum atomic E-state index is -0.130. The number of methoxy groups -OCH3 is 1. The number of hydrogen-bond donors (Lipinski definition) is 3. The molecule has 0 heterocycles. The van der Waals surface area contributed by atoms with Crippen molar-refractivity contribution in [3.63, 3.8) is 0 Å². The molecule has 0 atom stereocenters. The number of hydrogen-bond acceptors (Lipinski definition) is 4. The van der Waals surface area contributed by atoms with E-state index in [4.69, 9.17) is 9.47 Å². The van der Waals surface area contributed by atoms with Gasteiger partial charge in [0.15, 0.2) is 5.96 Å². The fraction of sp³-hybridized carbons (Fsp3) is 0.636. The maximum absolute atomic E-state index is 11.4. The Kier molecular flexibility index (Phi) is 10.3. The van der Waals surface area contributed by atoms with Gasteiger partial charge in [-0.15, -0.1) is 0 Å². The first kappa shape index (κ1) is 23.0. The van der Waals surface area contributed by atoms with Crippen LogP contribution in [-0.2, 0) is 16.1 Å². The first-order chi connectivity index (χ1) is 14.1. The van der Waals surface area contributed by atoms with Gasteiger partial charge in [-0.05, 0) is 43.9 Å². The highest BCUT2D eigenvalue weighted by molar-refractivity contribution is 5.90. The molecule has 0 radical (unpaired) electrons. The molecule has 1 saturated carbocycles. The van der Waals surface area contributed by atoms with Crippen LogP contribution in [0.5, 0.6) is 5.75 Å². The molecule has 2 rings (SSSR count). The van der Waals surface area contributed by atoms with Crippen molar-refractivity contribution in [1.82, 2.24) is 10.6 Å². The topological polar surface area (TPSA) is 84.0 Å². The highest BCUT2D eigenvalue weighted by atomic mass is 16.5. The summed E-state index contributed by atoms with van der Waals surface area (Å²) < 4.78 is 11.3. The van der Waals surface area contributed by atoms with Gasteiger partial charge in [-0.1, -0.05) is 25.3 Å². The van der Waals surface area contributed by atoms with Crippen LogP contribution < -0.4 is 20.7 Å². The van der Waals surface area contributed by atoms with Crippen LogP contribution >= 0.6 is 0 Å². The summed E-state index contributed by atoms with van der Waals surface area (Å²) in [6.07, 6.45) is 7.78. The van der Waals surface area contributed by atoms with E-state index < -0.39 is 0 Å². The van der Waals surface area contributed by atoms with Gasteiger partial charge in [0.05, 0.1) is 25.4 Å². The number of anilines is 1. The molecule has 1 aliphatic carbocycles. The zero-order valence-corrected chi connectivity index (χ0v) is 18.1. The number of carbonyl (C=O) groups is 1. The summed E-state index contributed by atoms with van der Waals surface area (Å²) in [6, 6.07) is 5.69. The van der Waals surface area contributed by atoms with E-state index in [9.17, 15) is 4.79 Å². The van der Waals surface area contributed by atoms with Crippen molar-refractivity contribution in [2.45, 2.75) is 65.0 Å². The van der Waals surface area contributed by atoms with Gasteiger partial charge in [-0.2, -0.15) is 0 Å². The highest BCUT2D eigenvalue weighted by Gasteiger charge is 2.13. The third-order valence-corrected chi connectivity index (χ3v) is 4.86. The second-order valence-electron chi connectivity index (χ2n) is 7.32. The van der Waals surface area contributed by atoms with E-state index in [1.54, 1.807) is 7.11 Å². The summed E-state index contributed by atoms with van der Waals surface area (Å²) in [5.41, 5.74) is 1.65. The van der Waals surface area contributed by atoms with E-state index >= 15 is 0 Å². The third-order valence-electron chi connectivity index (χ3n) is 4.86. The minimum Gasteiger partial charge on any atom is -0.495 e. The number of amides is 1. The van der Waals surface area contributed by atoms with Crippen LogP contribution in [0.1, 0.15) is 57.9 Å². The number of rotatable bonds is 10. The standard InChI is InChI=1S/C22H36N4O3/c1-4-23-22(24-13-8-14-29-19-9-6-5-7-10-19)25-16-18-11-12-21(28-3)20(15-18)26-17(2)27/h11-12,15,19H,4-10,13-14,16H2,1-3H3,(H,26,27)(H2,23,24,25). The molecule has 0 saturated heterocycles. The Labute approximate surface area is 174 Å². The van der Waals surface area contributed by atoms with E-state index in [0.29, 0.717) is 24.1 Å². The zero-order chi connectivity index (χ0) is 20.9. The summed E-state index contributed by atoms with van der Waals surface area (Å²) in [6.45, 7) is 6.43. The number of ether oxygens (including phenoxy) is 2. The molecule has 0 unspecified atom stereocenters. The summed E-state index contributed by atoms with van der Waals surface area (Å²) in [5, 5.41) is 9.42. The molecular weight excluding hydrogens is 368 g/mol. The SMILES string of the molecule is CCNC(=NCc1ccc(OC)c(NC(C)=O)c1)NCCCOC1CCCCC1. The highest BCUT2D eigenvalue weighted by Crippen LogP contribution is 2.25. The third kappa shape index (κ3) is 8.73. The van der Waals surface area contributed by atoms with Crippen LogP contribution in [0.3, 0.4) is 0 Å². The van der Waals surface area contributed by atoms with Gasteiger partial charge in [0.2, 0.25) is 5.91 Å². The number of nitrogens with one attached hydrogen (secondary N) is 3. The van der Waals surface area contributed by atoms with Crippen LogP contribution in [0.25, 0.3) is 0 Å². The quantitative estimate of drug-likeness (QED) is 0.316. The normalized spacial score (nSPS) is 15.1. The summed E-state index contributed by atoms with van der Waals surface area (Å²) in [5.74, 6) is 1.28. The fourth-order valence-electron chi connectivity index (χ4n) is 3.41. The average Bonchev–Trinajstić information content (AvgIpc) is 2.72. The smallest absolute Gasteiger partial charge is 0.221 e. The second-order valence-corrected chi connectivity index (χ2v) is 7.32. The van der Waals surface area contributed by atoms with Gasteiger partial charge in [-0.3, -0.25) is 4.79 Å². The average molecular weight is 405 g/mol. The number of aliphatic imine (C=N–C) groups is 1. The first-order valence-electron chi connectivity index (χ1n) is 10.7. The van der Waals surface area contributed by atoms with Crippen LogP contribution in [0.2, 0.25) is 0 Å². The molecule has 0 bridgehead atoms. The number of nitrogens with zero attached hydrogens (tertiary/aromatic N) is 1. The Morgan fingerprint density at radius 3 is 2.69 bits per heavy atom. The summed E-state index contributed by atoms with van der Waals surface area (Å²) in [7, 11) is 1.59. The molecule has 162 valence electrons. The van der Waals surface area contributed by atoms with Crippen LogP contribution in [0, 0.1) is 0 Å². The largest absolute Gasteiger partial charge is 0.495 e. The molecule has 1 amide bonds. The van der Waals surface area contributed by atoms with E-state index in [1.165, 1.54) is 39.0 Å². The number of carbonyl (C=O) groups excluding carboxylic acids is 1. The van der Waals surface area contributed by atoms with Gasteiger partial charge in [0.1, 0.15) is 5.75 Å². The van der Waals surface area contributed by atoms with Crippen LogP contribution in [0.15, 0.2) is 23.2 Å². The van der Waals surface area contributed by atoms with Gasteiger partial charge < -0.3 is 25.4 Å². The first-order valence-corrected chi connectivity index (χ1v) is 10.7. The Bertz CT molecular complexity index is 657. The van der Waals surface area contributed by atoms with Crippen molar-refractivity contribution in [3.8, 4) is 5.75 Å². The Morgan fingerprint density at radius 1 is 1.21 bits per heavy atom. The molecule has 7 nitrogen and oxygen atoms in total. The molecule has 29 heavy (non-hydrogen) atoms. The molecular formula is C22H36N4O3. The lowest BCUT2D eigenvalue weighted by Gasteiger charge is -2.22. The van der Waals surface area contributed by atoms with Gasteiger partial charge >= 0.3 is 0 Å². The van der Waals surface area contributed by atoms with Crippen molar-refractivity contribution < 1.29 is 14.3 Å². The molecule has 1 aromatic carbocycles. The zero-order valence-electron chi connectivity index (χ0n) is 18.1. The van der Waals surface area contributed by atoms with Crippen molar-refractivity contribution in [2.24, 2.45) is 4.99 Å². The molecule has 3 N–H and O–H groups in total. The lowest BCUT2D eigenvalue weighted by atomic mass is 9.98. The summed E-state index contributed by atoms with van der Waals surface area (Å²) in [4.78, 5) is 16.0. The predicted molar refractivity (Wildman–Crippen MR) is 118 cm³/mol. The molecule has 1 aromatic rings. The van der Waals surface area contributed by atoms with Crippen molar-refractivity contribution in [1.29, 1.82) is 0 Å². The number of guanidine groups is 1. The minimum absolute atomic E-state index is 0.130. The molecule has 0 aromatic heterocycles. The predicted octanol–water partition coefficient (Wildman–Crippen LogP) is 3.45. The second kappa shape index (κ2) is 13.0. The number of benzene rings is 1. The van der Waals surface area contributed by atoms with Gasteiger partial charge in [0.25, 0.3) is 0 Å². The van der Waals surface area contributed by atoms with Crippen molar-refractivity contribution >= 4 is 17.6 Å². The van der Waals surface area contributed by atoms with Crippen molar-refractivity contribution in [3.05, 3.63) is 23.8 Å². The monoisotopic (exact) mass is 404 g/mol. The van der Waals surface area contributed by atoms with E-state index in [1.807, 2.05) is 25.1 Å². The lowest BCUT2D eigenvalue weighted by molar-refractivity contribution is -0.114. The summed E-state index contributed by atoms with van der Waals surface area (Å²) >= 11 is 0. The molecule has 0 spiro atoms. The Hall–Kier alpha value is -2.28. The van der Waals surface area contributed by atoms with Crippen LogP contribution in [0.4, 0.5) is 5.69 Å². The molecule has 1 fully saturated rings. The van der Waals surface area contributed by atoms with Crippen molar-refractivity contribution in [2.75, 3.05) is 32.1 Å². The van der Waals surface area contributed by atoms with E-state index in [2.05, 4.69) is 20.9 Å². The van der Waals surface area contributed by atoms with Gasteiger partial charge in [0, 0.05) is 26.6 Å². The van der Waals surface area contributed by atoms with Crippen LogP contribution in [-0.4, -0.2) is 44.8 Å². The van der Waals surface area contributed by atoms with E-state index in [-0.39, 0.29) is 5.91 Å². The molecule has 0 aliphatic heterocycles. The molecule has 7 heteroatoms. The Morgan fingerprint density at radius 2 is 2.00 bits per heavy atom. The maximum Gasteiger partial charge on any atom is 0.221 e. The lowest BCUT2D eigenvalue weighted by Crippen LogP contribution is -2.38. The fourth-order valence-corrected chi connectivity index (χ4v) is 3.41. The van der Waals surface area contributed by atoms with E-state index in [0.717, 1.165) is 37.6 Å². The molecule has 1 aliphatic rings.